The van der Waals surface area contributed by atoms with E-state index in [1.807, 2.05) is 0 Å². The lowest BCUT2D eigenvalue weighted by atomic mass is 10.1. The third-order valence-electron chi connectivity index (χ3n) is 3.98. The van der Waals surface area contributed by atoms with Gasteiger partial charge in [-0.25, -0.2) is 13.6 Å². The number of rotatable bonds is 5. The summed E-state index contributed by atoms with van der Waals surface area (Å²) in [5.74, 6) is -1.75. The van der Waals surface area contributed by atoms with Crippen molar-refractivity contribution in [1.29, 1.82) is 0 Å². The molecule has 0 bridgehead atoms. The van der Waals surface area contributed by atoms with Crippen LogP contribution in [0, 0.1) is 17.6 Å². The molecule has 23 heavy (non-hydrogen) atoms. The molecule has 0 unspecified atom stereocenters. The zero-order chi connectivity index (χ0) is 16.8. The molecule has 0 saturated carbocycles. The van der Waals surface area contributed by atoms with Crippen LogP contribution < -0.4 is 10.6 Å². The predicted molar refractivity (Wildman–Crippen MR) is 86.5 cm³/mol. The Labute approximate surface area is 135 Å². The van der Waals surface area contributed by atoms with Gasteiger partial charge in [0.25, 0.3) is 0 Å². The van der Waals surface area contributed by atoms with Crippen molar-refractivity contribution in [2.45, 2.75) is 6.92 Å². The molecule has 1 aromatic carbocycles. The minimum absolute atomic E-state index is 0.158. The van der Waals surface area contributed by atoms with Crippen LogP contribution in [-0.4, -0.2) is 62.1 Å². The van der Waals surface area contributed by atoms with Gasteiger partial charge in [0, 0.05) is 39.3 Å². The first-order chi connectivity index (χ1) is 11.0. The fourth-order valence-corrected chi connectivity index (χ4v) is 2.57. The van der Waals surface area contributed by atoms with Gasteiger partial charge in [0.2, 0.25) is 0 Å². The topological polar surface area (TPSA) is 47.6 Å². The van der Waals surface area contributed by atoms with Crippen molar-refractivity contribution in [1.82, 2.24) is 15.1 Å². The van der Waals surface area contributed by atoms with Gasteiger partial charge in [-0.1, -0.05) is 13.0 Å². The summed E-state index contributed by atoms with van der Waals surface area (Å²) in [6, 6.07) is 3.16. The zero-order valence-corrected chi connectivity index (χ0v) is 13.6. The highest BCUT2D eigenvalue weighted by atomic mass is 19.2. The number of halogens is 2. The summed E-state index contributed by atoms with van der Waals surface area (Å²) in [6.45, 7) is 7.61. The number of hydrogen-bond acceptors (Lipinski definition) is 3. The molecule has 2 N–H and O–H groups in total. The van der Waals surface area contributed by atoms with Gasteiger partial charge in [-0.3, -0.25) is 0 Å². The maximum atomic E-state index is 13.5. The van der Waals surface area contributed by atoms with E-state index >= 15 is 0 Å². The molecule has 0 radical (unpaired) electrons. The molecule has 7 heteroatoms. The van der Waals surface area contributed by atoms with E-state index < -0.39 is 17.7 Å². The number of carbonyl (C=O) groups is 1. The fraction of sp³-hybridized carbons (Fsp3) is 0.562. The van der Waals surface area contributed by atoms with Gasteiger partial charge >= 0.3 is 6.03 Å². The van der Waals surface area contributed by atoms with Gasteiger partial charge in [0.1, 0.15) is 0 Å². The number of nitrogens with zero attached hydrogens (tertiary/aromatic N) is 2. The lowest BCUT2D eigenvalue weighted by Gasteiger charge is -2.33. The maximum absolute atomic E-state index is 13.5. The molecule has 0 spiro atoms. The number of piperazine rings is 1. The minimum Gasteiger partial charge on any atom is -0.338 e. The van der Waals surface area contributed by atoms with E-state index in [9.17, 15) is 13.6 Å². The van der Waals surface area contributed by atoms with E-state index in [-0.39, 0.29) is 11.6 Å². The number of likely N-dealkylation sites (N-methyl/N-ethyl adjacent to an activating group) is 1. The summed E-state index contributed by atoms with van der Waals surface area (Å²) < 4.78 is 26.5. The molecule has 128 valence electrons. The average Bonchev–Trinajstić information content (AvgIpc) is 2.52. The second-order valence-electron chi connectivity index (χ2n) is 6.15. The number of carbonyl (C=O) groups excluding carboxylic acids is 1. The predicted octanol–water partition coefficient (Wildman–Crippen LogP) is 1.97. The third-order valence-corrected chi connectivity index (χ3v) is 3.98. The normalized spacial score (nSPS) is 17.7. The minimum atomic E-state index is -1.05. The molecule has 1 aromatic rings. The molecule has 2 amide bonds. The van der Waals surface area contributed by atoms with E-state index in [1.54, 1.807) is 0 Å². The average molecular weight is 326 g/mol. The number of benzene rings is 1. The quantitative estimate of drug-likeness (QED) is 0.870. The van der Waals surface area contributed by atoms with Gasteiger partial charge in [0.15, 0.2) is 11.6 Å². The van der Waals surface area contributed by atoms with Crippen molar-refractivity contribution in [3.63, 3.8) is 0 Å². The Morgan fingerprint density at radius 1 is 1.26 bits per heavy atom. The van der Waals surface area contributed by atoms with Crippen LogP contribution in [0.2, 0.25) is 0 Å². The summed E-state index contributed by atoms with van der Waals surface area (Å²) in [5, 5.41) is 5.03. The molecule has 1 heterocycles. The van der Waals surface area contributed by atoms with Crippen LogP contribution in [0.15, 0.2) is 18.2 Å². The van der Waals surface area contributed by atoms with E-state index in [1.165, 1.54) is 12.1 Å². The highest BCUT2D eigenvalue weighted by molar-refractivity contribution is 5.89. The van der Waals surface area contributed by atoms with E-state index in [2.05, 4.69) is 34.4 Å². The first-order valence-corrected chi connectivity index (χ1v) is 7.85. The van der Waals surface area contributed by atoms with E-state index in [0.717, 1.165) is 38.8 Å². The number of anilines is 1. The SMILES string of the molecule is C[C@@H](CNC(=O)Nc1cccc(F)c1F)CN1CCN(C)CC1. The number of amides is 2. The van der Waals surface area contributed by atoms with E-state index in [4.69, 9.17) is 0 Å². The standard InChI is InChI=1S/C16H24F2N4O/c1-12(11-22-8-6-21(2)7-9-22)10-19-16(23)20-14-5-3-4-13(17)15(14)18/h3-5,12H,6-11H2,1-2H3,(H2,19,20,23)/t12-/m0/s1. The van der Waals surface area contributed by atoms with Crippen molar-refractivity contribution < 1.29 is 13.6 Å². The summed E-state index contributed by atoms with van der Waals surface area (Å²) in [5.41, 5.74) is -0.158. The van der Waals surface area contributed by atoms with Crippen LogP contribution in [0.1, 0.15) is 6.92 Å². The Hall–Kier alpha value is -1.73. The second-order valence-corrected chi connectivity index (χ2v) is 6.15. The monoisotopic (exact) mass is 326 g/mol. The van der Waals surface area contributed by atoms with Crippen molar-refractivity contribution in [2.24, 2.45) is 5.92 Å². The lowest BCUT2D eigenvalue weighted by molar-refractivity contribution is 0.138. The first-order valence-electron chi connectivity index (χ1n) is 7.85. The molecule has 1 saturated heterocycles. The summed E-state index contributed by atoms with van der Waals surface area (Å²) in [6.07, 6.45) is 0. The highest BCUT2D eigenvalue weighted by Crippen LogP contribution is 2.16. The Bertz CT molecular complexity index is 533. The molecule has 0 aromatic heterocycles. The van der Waals surface area contributed by atoms with Crippen LogP contribution in [0.25, 0.3) is 0 Å². The summed E-state index contributed by atoms with van der Waals surface area (Å²) in [7, 11) is 2.11. The second kappa shape index (κ2) is 8.21. The van der Waals surface area contributed by atoms with Gasteiger partial charge in [-0.2, -0.15) is 0 Å². The third kappa shape index (κ3) is 5.44. The van der Waals surface area contributed by atoms with Crippen LogP contribution in [-0.2, 0) is 0 Å². The van der Waals surface area contributed by atoms with Gasteiger partial charge < -0.3 is 20.4 Å². The number of hydrogen-bond donors (Lipinski definition) is 2. The molecule has 1 atom stereocenters. The number of urea groups is 1. The molecule has 1 aliphatic rings. The largest absolute Gasteiger partial charge is 0.338 e. The summed E-state index contributed by atoms with van der Waals surface area (Å²) >= 11 is 0. The zero-order valence-electron chi connectivity index (χ0n) is 13.6. The van der Waals surface area contributed by atoms with Crippen LogP contribution >= 0.6 is 0 Å². The van der Waals surface area contributed by atoms with Gasteiger partial charge in [-0.15, -0.1) is 0 Å². The van der Waals surface area contributed by atoms with Gasteiger partial charge in [0.05, 0.1) is 5.69 Å². The van der Waals surface area contributed by atoms with Crippen molar-refractivity contribution in [3.8, 4) is 0 Å². The first kappa shape index (κ1) is 17.6. The Kier molecular flexibility index (Phi) is 6.29. The molecule has 5 nitrogen and oxygen atoms in total. The Balaban J connectivity index is 1.72. The van der Waals surface area contributed by atoms with E-state index in [0.29, 0.717) is 6.54 Å². The van der Waals surface area contributed by atoms with Gasteiger partial charge in [-0.05, 0) is 25.1 Å². The summed E-state index contributed by atoms with van der Waals surface area (Å²) in [4.78, 5) is 16.4. The highest BCUT2D eigenvalue weighted by Gasteiger charge is 2.17. The molecule has 0 aliphatic carbocycles. The molecular formula is C16H24F2N4O. The van der Waals surface area contributed by atoms with Crippen molar-refractivity contribution >= 4 is 11.7 Å². The fourth-order valence-electron chi connectivity index (χ4n) is 2.57. The van der Waals surface area contributed by atoms with Crippen LogP contribution in [0.5, 0.6) is 0 Å². The maximum Gasteiger partial charge on any atom is 0.319 e. The number of nitrogens with one attached hydrogen (secondary N) is 2. The molecular weight excluding hydrogens is 302 g/mol. The van der Waals surface area contributed by atoms with Crippen molar-refractivity contribution in [2.75, 3.05) is 51.6 Å². The molecule has 1 aliphatic heterocycles. The Morgan fingerprint density at radius 3 is 2.65 bits per heavy atom. The van der Waals surface area contributed by atoms with Crippen LogP contribution in [0.3, 0.4) is 0 Å². The smallest absolute Gasteiger partial charge is 0.319 e. The lowest BCUT2D eigenvalue weighted by Crippen LogP contribution is -2.47. The van der Waals surface area contributed by atoms with Crippen LogP contribution in [0.4, 0.5) is 19.3 Å². The molecule has 1 fully saturated rings. The Morgan fingerprint density at radius 2 is 1.96 bits per heavy atom. The van der Waals surface area contributed by atoms with Crippen molar-refractivity contribution in [3.05, 3.63) is 29.8 Å². The molecule has 2 rings (SSSR count).